The molecule has 3 rings (SSSR count). The lowest BCUT2D eigenvalue weighted by atomic mass is 10.1. The van der Waals surface area contributed by atoms with Crippen molar-refractivity contribution >= 4 is 23.7 Å². The molecule has 31 heavy (non-hydrogen) atoms. The number of nitrogens with two attached hydrogens (primary N) is 1. The van der Waals surface area contributed by atoms with Crippen LogP contribution < -0.4 is 11.1 Å². The van der Waals surface area contributed by atoms with Crippen LogP contribution in [0.5, 0.6) is 0 Å². The number of carbonyl (C=O) groups is 2. The molecule has 0 aliphatic rings. The number of amides is 3. The maximum Gasteiger partial charge on any atom is 0.318 e. The Labute approximate surface area is 186 Å². The Morgan fingerprint density at radius 1 is 1.10 bits per heavy atom. The molecule has 3 aromatic rings. The fraction of sp³-hybridized carbons (Fsp3) is 0.304. The summed E-state index contributed by atoms with van der Waals surface area (Å²) in [6.45, 7) is 5.91. The lowest BCUT2D eigenvalue weighted by Gasteiger charge is -2.14. The van der Waals surface area contributed by atoms with Crippen molar-refractivity contribution in [1.29, 1.82) is 0 Å². The Bertz CT molecular complexity index is 1040. The number of hydrogen-bond donors (Lipinski definition) is 2. The molecule has 0 saturated carbocycles. The predicted molar refractivity (Wildman–Crippen MR) is 123 cm³/mol. The summed E-state index contributed by atoms with van der Waals surface area (Å²) in [5, 5.41) is 10.8. The first-order chi connectivity index (χ1) is 14.9. The van der Waals surface area contributed by atoms with Gasteiger partial charge in [0, 0.05) is 11.3 Å². The highest BCUT2D eigenvalue weighted by Gasteiger charge is 2.22. The molecular weight excluding hydrogens is 410 g/mol. The molecule has 0 aliphatic carbocycles. The van der Waals surface area contributed by atoms with Crippen molar-refractivity contribution in [2.75, 3.05) is 0 Å². The van der Waals surface area contributed by atoms with E-state index in [9.17, 15) is 9.59 Å². The van der Waals surface area contributed by atoms with E-state index in [-0.39, 0.29) is 0 Å². The van der Waals surface area contributed by atoms with Crippen molar-refractivity contribution in [3.63, 3.8) is 0 Å². The van der Waals surface area contributed by atoms with Gasteiger partial charge in [0.05, 0.1) is 5.25 Å². The van der Waals surface area contributed by atoms with Gasteiger partial charge in [-0.3, -0.25) is 14.7 Å². The third-order valence-electron chi connectivity index (χ3n) is 4.85. The lowest BCUT2D eigenvalue weighted by Crippen LogP contribution is -2.39. The number of aryl methyl sites for hydroxylation is 2. The number of thioether (sulfide) groups is 1. The van der Waals surface area contributed by atoms with Crippen molar-refractivity contribution in [2.24, 2.45) is 5.73 Å². The Morgan fingerprint density at radius 3 is 2.39 bits per heavy atom. The first-order valence-corrected chi connectivity index (χ1v) is 11.2. The Balaban J connectivity index is 1.98. The largest absolute Gasteiger partial charge is 0.351 e. The van der Waals surface area contributed by atoms with Gasteiger partial charge < -0.3 is 5.73 Å². The summed E-state index contributed by atoms with van der Waals surface area (Å²) in [4.78, 5) is 23.2. The number of primary amides is 1. The van der Waals surface area contributed by atoms with E-state index >= 15 is 0 Å². The van der Waals surface area contributed by atoms with Gasteiger partial charge in [0.1, 0.15) is 0 Å². The molecule has 1 heterocycles. The van der Waals surface area contributed by atoms with Crippen LogP contribution in [0, 0.1) is 6.92 Å². The van der Waals surface area contributed by atoms with Crippen LogP contribution in [0.1, 0.15) is 37.8 Å². The first-order valence-electron chi connectivity index (χ1n) is 10.3. The summed E-state index contributed by atoms with van der Waals surface area (Å²) < 4.78 is 1.94. The topological polar surface area (TPSA) is 103 Å². The average molecular weight is 438 g/mol. The van der Waals surface area contributed by atoms with Gasteiger partial charge in [0.2, 0.25) is 5.91 Å². The Hall–Kier alpha value is -3.13. The van der Waals surface area contributed by atoms with Gasteiger partial charge in [-0.05, 0) is 44.4 Å². The van der Waals surface area contributed by atoms with Gasteiger partial charge in [0.15, 0.2) is 11.0 Å². The van der Waals surface area contributed by atoms with E-state index in [1.54, 1.807) is 6.92 Å². The maximum absolute atomic E-state index is 12.2. The van der Waals surface area contributed by atoms with Crippen LogP contribution in [0.25, 0.3) is 17.1 Å². The van der Waals surface area contributed by atoms with Crippen LogP contribution in [0.4, 0.5) is 4.79 Å². The second kappa shape index (κ2) is 10.3. The lowest BCUT2D eigenvalue weighted by molar-refractivity contribution is -0.119. The molecule has 3 amide bonds. The molecule has 1 aromatic heterocycles. The number of aromatic nitrogens is 3. The zero-order valence-corrected chi connectivity index (χ0v) is 18.8. The summed E-state index contributed by atoms with van der Waals surface area (Å²) >= 11 is 1.22. The van der Waals surface area contributed by atoms with Crippen LogP contribution in [-0.4, -0.2) is 32.0 Å². The molecule has 0 saturated heterocycles. The summed E-state index contributed by atoms with van der Waals surface area (Å²) in [5.41, 5.74) is 9.34. The van der Waals surface area contributed by atoms with Crippen molar-refractivity contribution < 1.29 is 9.59 Å². The molecule has 0 fully saturated rings. The van der Waals surface area contributed by atoms with E-state index in [0.717, 1.165) is 36.1 Å². The van der Waals surface area contributed by atoms with E-state index in [1.807, 2.05) is 47.9 Å². The van der Waals surface area contributed by atoms with Gasteiger partial charge in [-0.2, -0.15) is 0 Å². The summed E-state index contributed by atoms with van der Waals surface area (Å²) in [5.74, 6) is 0.213. The number of nitrogens with zero attached hydrogens (tertiary/aromatic N) is 3. The molecule has 0 radical (unpaired) electrons. The fourth-order valence-electron chi connectivity index (χ4n) is 3.10. The van der Waals surface area contributed by atoms with E-state index in [4.69, 9.17) is 5.73 Å². The standard InChI is InChI=1S/C23H27N5O2S/c1-4-5-6-17-9-13-19(14-10-17)28-20(18-11-7-15(2)8-12-18)26-27-23(28)31-16(3)21(29)25-22(24)30/h7-14,16H,4-6H2,1-3H3,(H3,24,25,29,30). The number of imide groups is 1. The molecule has 1 atom stereocenters. The average Bonchev–Trinajstić information content (AvgIpc) is 3.16. The predicted octanol–water partition coefficient (Wildman–Crippen LogP) is 4.26. The van der Waals surface area contributed by atoms with Crippen molar-refractivity contribution in [3.05, 3.63) is 59.7 Å². The van der Waals surface area contributed by atoms with E-state index in [1.165, 1.54) is 17.3 Å². The molecule has 162 valence electrons. The van der Waals surface area contributed by atoms with Crippen molar-refractivity contribution in [1.82, 2.24) is 20.1 Å². The number of nitrogens with one attached hydrogen (secondary N) is 1. The number of benzene rings is 2. The summed E-state index contributed by atoms with van der Waals surface area (Å²) in [6.07, 6.45) is 3.33. The van der Waals surface area contributed by atoms with Crippen LogP contribution in [-0.2, 0) is 11.2 Å². The quantitative estimate of drug-likeness (QED) is 0.513. The number of unbranched alkanes of at least 4 members (excludes halogenated alkanes) is 1. The first kappa shape index (κ1) is 22.6. The molecule has 0 bridgehead atoms. The molecule has 0 aliphatic heterocycles. The van der Waals surface area contributed by atoms with E-state index in [0.29, 0.717) is 11.0 Å². The highest BCUT2D eigenvalue weighted by molar-refractivity contribution is 8.00. The van der Waals surface area contributed by atoms with Crippen LogP contribution >= 0.6 is 11.8 Å². The maximum atomic E-state index is 12.2. The third kappa shape index (κ3) is 5.73. The normalized spacial score (nSPS) is 11.8. The molecule has 1 unspecified atom stereocenters. The smallest absolute Gasteiger partial charge is 0.318 e. The van der Waals surface area contributed by atoms with Gasteiger partial charge >= 0.3 is 6.03 Å². The molecular formula is C23H27N5O2S. The number of rotatable bonds is 8. The highest BCUT2D eigenvalue weighted by Crippen LogP contribution is 2.30. The zero-order valence-electron chi connectivity index (χ0n) is 18.0. The van der Waals surface area contributed by atoms with Gasteiger partial charge in [-0.25, -0.2) is 4.79 Å². The molecule has 2 aromatic carbocycles. The zero-order chi connectivity index (χ0) is 22.4. The molecule has 3 N–H and O–H groups in total. The number of urea groups is 1. The van der Waals surface area contributed by atoms with Crippen LogP contribution in [0.2, 0.25) is 0 Å². The minimum Gasteiger partial charge on any atom is -0.351 e. The molecule has 0 spiro atoms. The number of hydrogen-bond acceptors (Lipinski definition) is 5. The second-order valence-corrected chi connectivity index (χ2v) is 8.70. The van der Waals surface area contributed by atoms with Crippen LogP contribution in [0.3, 0.4) is 0 Å². The Morgan fingerprint density at radius 2 is 1.77 bits per heavy atom. The van der Waals surface area contributed by atoms with E-state index < -0.39 is 17.2 Å². The van der Waals surface area contributed by atoms with Crippen LogP contribution in [0.15, 0.2) is 53.7 Å². The SMILES string of the molecule is CCCCc1ccc(-n2c(SC(C)C(=O)NC(N)=O)nnc2-c2ccc(C)cc2)cc1. The highest BCUT2D eigenvalue weighted by atomic mass is 32.2. The van der Waals surface area contributed by atoms with E-state index in [2.05, 4.69) is 34.6 Å². The minimum absolute atomic E-state index is 0.473. The fourth-order valence-corrected chi connectivity index (χ4v) is 3.96. The molecule has 7 nitrogen and oxygen atoms in total. The van der Waals surface area contributed by atoms with Crippen molar-refractivity contribution in [3.8, 4) is 17.1 Å². The summed E-state index contributed by atoms with van der Waals surface area (Å²) in [6, 6.07) is 15.5. The monoisotopic (exact) mass is 437 g/mol. The second-order valence-electron chi connectivity index (χ2n) is 7.39. The minimum atomic E-state index is -0.873. The van der Waals surface area contributed by atoms with Gasteiger partial charge in [-0.1, -0.05) is 67.1 Å². The summed E-state index contributed by atoms with van der Waals surface area (Å²) in [7, 11) is 0. The third-order valence-corrected chi connectivity index (χ3v) is 5.90. The van der Waals surface area contributed by atoms with Crippen molar-refractivity contribution in [2.45, 2.75) is 50.4 Å². The Kier molecular flexibility index (Phi) is 7.46. The van der Waals surface area contributed by atoms with Gasteiger partial charge in [-0.15, -0.1) is 10.2 Å². The van der Waals surface area contributed by atoms with Gasteiger partial charge in [0.25, 0.3) is 0 Å². The number of carbonyl (C=O) groups excluding carboxylic acids is 2. The molecule has 8 heteroatoms.